The molecule has 1 amide bonds. The number of likely N-dealkylation sites (N-methyl/N-ethyl adjacent to an activating group) is 1. The molecule has 0 fully saturated rings. The summed E-state index contributed by atoms with van der Waals surface area (Å²) in [6, 6.07) is 27.0. The second-order valence-corrected chi connectivity index (χ2v) is 6.66. The van der Waals surface area contributed by atoms with E-state index in [1.54, 1.807) is 0 Å². The smallest absolute Gasteiger partial charge is 0.243 e. The molecule has 0 radical (unpaired) electrons. The Balaban J connectivity index is 1.59. The van der Waals surface area contributed by atoms with E-state index in [1.807, 2.05) is 90.8 Å². The molecule has 0 aromatic heterocycles. The number of benzene rings is 3. The topological polar surface area (TPSA) is 65.4 Å². The van der Waals surface area contributed by atoms with Crippen LogP contribution in [-0.4, -0.2) is 19.5 Å². The fraction of sp³-hybridized carbons (Fsp3) is 0.167. The number of nitrogens with zero attached hydrogens (tertiary/aromatic N) is 2. The Morgan fingerprint density at radius 1 is 1.00 bits per heavy atom. The summed E-state index contributed by atoms with van der Waals surface area (Å²) in [5.41, 5.74) is 3.57. The minimum absolute atomic E-state index is 0.0929. The molecule has 146 valence electrons. The monoisotopic (exact) mass is 385 g/mol. The Morgan fingerprint density at radius 2 is 1.69 bits per heavy atom. The van der Waals surface area contributed by atoms with Gasteiger partial charge in [0.1, 0.15) is 12.4 Å². The Bertz CT molecular complexity index is 979. The van der Waals surface area contributed by atoms with E-state index in [2.05, 4.69) is 11.4 Å². The van der Waals surface area contributed by atoms with Crippen molar-refractivity contribution in [3.63, 3.8) is 0 Å². The maximum absolute atomic E-state index is 12.5. The molecule has 0 aliphatic carbocycles. The third-order valence-corrected chi connectivity index (χ3v) is 4.47. The van der Waals surface area contributed by atoms with Gasteiger partial charge in [-0.2, -0.15) is 5.26 Å². The number of carbonyl (C=O) groups excluding carboxylic acids is 1. The predicted octanol–water partition coefficient (Wildman–Crippen LogP) is 4.41. The highest BCUT2D eigenvalue weighted by Gasteiger charge is 2.10. The number of amides is 1. The number of para-hydroxylation sites is 2. The minimum Gasteiger partial charge on any atom is -0.489 e. The van der Waals surface area contributed by atoms with Crippen molar-refractivity contribution in [2.24, 2.45) is 0 Å². The quantitative estimate of drug-likeness (QED) is 0.624. The normalized spacial score (nSPS) is 10.1. The fourth-order valence-electron chi connectivity index (χ4n) is 2.90. The van der Waals surface area contributed by atoms with Crippen molar-refractivity contribution >= 4 is 17.3 Å². The van der Waals surface area contributed by atoms with Crippen LogP contribution in [-0.2, 0) is 17.8 Å². The van der Waals surface area contributed by atoms with E-state index in [0.29, 0.717) is 13.0 Å². The van der Waals surface area contributed by atoms with E-state index in [4.69, 9.17) is 10.00 Å². The van der Waals surface area contributed by atoms with Gasteiger partial charge in [0.2, 0.25) is 5.91 Å². The zero-order chi connectivity index (χ0) is 20.5. The van der Waals surface area contributed by atoms with E-state index in [0.717, 1.165) is 28.3 Å². The number of nitriles is 1. The molecular weight excluding hydrogens is 362 g/mol. The molecule has 0 saturated carbocycles. The van der Waals surface area contributed by atoms with Crippen LogP contribution >= 0.6 is 0 Å². The van der Waals surface area contributed by atoms with Crippen LogP contribution in [0.2, 0.25) is 0 Å². The van der Waals surface area contributed by atoms with Gasteiger partial charge in [0.15, 0.2) is 0 Å². The van der Waals surface area contributed by atoms with E-state index in [1.165, 1.54) is 0 Å². The van der Waals surface area contributed by atoms with Gasteiger partial charge in [0, 0.05) is 24.0 Å². The van der Waals surface area contributed by atoms with E-state index < -0.39 is 0 Å². The van der Waals surface area contributed by atoms with Crippen LogP contribution in [0.4, 0.5) is 11.4 Å². The summed E-state index contributed by atoms with van der Waals surface area (Å²) < 4.78 is 5.85. The molecule has 5 nitrogen and oxygen atoms in total. The summed E-state index contributed by atoms with van der Waals surface area (Å²) in [5.74, 6) is 0.626. The van der Waals surface area contributed by atoms with E-state index in [9.17, 15) is 4.79 Å². The molecule has 0 saturated heterocycles. The van der Waals surface area contributed by atoms with Crippen molar-refractivity contribution in [2.45, 2.75) is 13.0 Å². The first-order valence-corrected chi connectivity index (χ1v) is 9.38. The highest BCUT2D eigenvalue weighted by atomic mass is 16.5. The zero-order valence-electron chi connectivity index (χ0n) is 16.3. The SMILES string of the molecule is CN(CC(=O)Nc1ccccc1COc1ccc(CC#N)cc1)c1ccccc1. The molecule has 0 atom stereocenters. The average Bonchev–Trinajstić information content (AvgIpc) is 2.75. The van der Waals surface area contributed by atoms with Gasteiger partial charge in [-0.1, -0.05) is 48.5 Å². The molecule has 0 heterocycles. The van der Waals surface area contributed by atoms with E-state index >= 15 is 0 Å². The third-order valence-electron chi connectivity index (χ3n) is 4.47. The van der Waals surface area contributed by atoms with Crippen molar-refractivity contribution in [1.29, 1.82) is 5.26 Å². The maximum Gasteiger partial charge on any atom is 0.243 e. The first kappa shape index (κ1) is 20.0. The number of ether oxygens (including phenoxy) is 1. The lowest BCUT2D eigenvalue weighted by Crippen LogP contribution is -2.30. The van der Waals surface area contributed by atoms with Gasteiger partial charge >= 0.3 is 0 Å². The third kappa shape index (κ3) is 5.85. The number of hydrogen-bond donors (Lipinski definition) is 1. The van der Waals surface area contributed by atoms with Crippen LogP contribution in [0.25, 0.3) is 0 Å². The second kappa shape index (κ2) is 9.95. The van der Waals surface area contributed by atoms with Crippen molar-refractivity contribution in [1.82, 2.24) is 0 Å². The van der Waals surface area contributed by atoms with Crippen molar-refractivity contribution in [3.8, 4) is 11.8 Å². The van der Waals surface area contributed by atoms with E-state index in [-0.39, 0.29) is 12.5 Å². The first-order chi connectivity index (χ1) is 14.2. The van der Waals surface area contributed by atoms with Gasteiger partial charge in [-0.3, -0.25) is 4.79 Å². The summed E-state index contributed by atoms with van der Waals surface area (Å²) in [4.78, 5) is 14.4. The summed E-state index contributed by atoms with van der Waals surface area (Å²) in [6.45, 7) is 0.585. The van der Waals surface area contributed by atoms with Crippen LogP contribution in [0, 0.1) is 11.3 Å². The molecule has 3 rings (SSSR count). The van der Waals surface area contributed by atoms with Gasteiger partial charge in [-0.15, -0.1) is 0 Å². The van der Waals surface area contributed by atoms with Crippen molar-refractivity contribution in [3.05, 3.63) is 90.0 Å². The van der Waals surface area contributed by atoms with Crippen LogP contribution < -0.4 is 15.0 Å². The molecule has 0 aliphatic heterocycles. The number of anilines is 2. The lowest BCUT2D eigenvalue weighted by molar-refractivity contribution is -0.114. The molecule has 5 heteroatoms. The highest BCUT2D eigenvalue weighted by Crippen LogP contribution is 2.20. The minimum atomic E-state index is -0.0929. The fourth-order valence-corrected chi connectivity index (χ4v) is 2.90. The summed E-state index contributed by atoms with van der Waals surface area (Å²) in [7, 11) is 1.89. The summed E-state index contributed by atoms with van der Waals surface area (Å²) >= 11 is 0. The van der Waals surface area contributed by atoms with Gasteiger partial charge in [0.25, 0.3) is 0 Å². The Kier molecular flexibility index (Phi) is 6.85. The number of nitrogens with one attached hydrogen (secondary N) is 1. The number of carbonyl (C=O) groups is 1. The molecule has 1 N–H and O–H groups in total. The lowest BCUT2D eigenvalue weighted by Gasteiger charge is -2.19. The predicted molar refractivity (Wildman–Crippen MR) is 115 cm³/mol. The Labute approximate surface area is 171 Å². The lowest BCUT2D eigenvalue weighted by atomic mass is 10.1. The number of hydrogen-bond acceptors (Lipinski definition) is 4. The zero-order valence-corrected chi connectivity index (χ0v) is 16.3. The second-order valence-electron chi connectivity index (χ2n) is 6.66. The van der Waals surface area contributed by atoms with Gasteiger partial charge in [-0.05, 0) is 35.9 Å². The Hall–Kier alpha value is -3.78. The van der Waals surface area contributed by atoms with Crippen LogP contribution in [0.1, 0.15) is 11.1 Å². The molecule has 3 aromatic rings. The Morgan fingerprint density at radius 3 is 2.41 bits per heavy atom. The van der Waals surface area contributed by atoms with Crippen LogP contribution in [0.3, 0.4) is 0 Å². The van der Waals surface area contributed by atoms with Crippen molar-refractivity contribution < 1.29 is 9.53 Å². The van der Waals surface area contributed by atoms with Gasteiger partial charge < -0.3 is 15.0 Å². The largest absolute Gasteiger partial charge is 0.489 e. The van der Waals surface area contributed by atoms with Crippen LogP contribution in [0.15, 0.2) is 78.9 Å². The van der Waals surface area contributed by atoms with Gasteiger partial charge in [0.05, 0.1) is 19.0 Å². The van der Waals surface area contributed by atoms with Crippen LogP contribution in [0.5, 0.6) is 5.75 Å². The first-order valence-electron chi connectivity index (χ1n) is 9.38. The number of rotatable bonds is 8. The molecule has 29 heavy (non-hydrogen) atoms. The molecule has 0 unspecified atom stereocenters. The molecule has 3 aromatic carbocycles. The summed E-state index contributed by atoms with van der Waals surface area (Å²) in [6.07, 6.45) is 0.382. The molecular formula is C24H23N3O2. The van der Waals surface area contributed by atoms with Crippen molar-refractivity contribution in [2.75, 3.05) is 23.8 Å². The summed E-state index contributed by atoms with van der Waals surface area (Å²) in [5, 5.41) is 11.7. The standard InChI is InChI=1S/C24H23N3O2/c1-27(21-8-3-2-4-9-21)17-24(28)26-23-10-6-5-7-20(23)18-29-22-13-11-19(12-14-22)15-16-25/h2-14H,15,17-18H2,1H3,(H,26,28). The average molecular weight is 385 g/mol. The molecule has 0 bridgehead atoms. The van der Waals surface area contributed by atoms with Gasteiger partial charge in [-0.25, -0.2) is 0 Å². The molecule has 0 spiro atoms. The highest BCUT2D eigenvalue weighted by molar-refractivity contribution is 5.94. The maximum atomic E-state index is 12.5. The molecule has 0 aliphatic rings.